The van der Waals surface area contributed by atoms with Crippen molar-refractivity contribution in [3.8, 4) is 0 Å². The first-order chi connectivity index (χ1) is 10.0. The Balaban J connectivity index is 1.81. The molecule has 0 fully saturated rings. The number of amides is 2. The Morgan fingerprint density at radius 3 is 2.67 bits per heavy atom. The molecular weight excluding hydrogens is 298 g/mol. The third-order valence-corrected chi connectivity index (χ3v) is 3.07. The molecule has 0 saturated carbocycles. The topological polar surface area (TPSA) is 41.1 Å². The zero-order valence-corrected chi connectivity index (χ0v) is 11.8. The number of benzene rings is 2. The highest BCUT2D eigenvalue weighted by molar-refractivity contribution is 6.30. The summed E-state index contributed by atoms with van der Waals surface area (Å²) in [5.74, 6) is -0.914. The van der Waals surface area contributed by atoms with Crippen molar-refractivity contribution < 1.29 is 13.6 Å². The number of halogens is 3. The first kappa shape index (κ1) is 15.3. The number of urea groups is 1. The minimum absolute atomic E-state index is 0.00735. The third-order valence-electron chi connectivity index (χ3n) is 2.77. The van der Waals surface area contributed by atoms with E-state index in [-0.39, 0.29) is 10.8 Å². The van der Waals surface area contributed by atoms with Gasteiger partial charge in [-0.2, -0.15) is 0 Å². The lowest BCUT2D eigenvalue weighted by atomic mass is 10.1. The van der Waals surface area contributed by atoms with Gasteiger partial charge in [0.05, 0.1) is 5.02 Å². The Morgan fingerprint density at radius 2 is 1.95 bits per heavy atom. The molecular formula is C15H13ClF2N2O. The van der Waals surface area contributed by atoms with Crippen molar-refractivity contribution in [2.45, 2.75) is 6.42 Å². The van der Waals surface area contributed by atoms with Crippen molar-refractivity contribution in [1.82, 2.24) is 5.32 Å². The fraction of sp³-hybridized carbons (Fsp3) is 0.133. The molecule has 2 rings (SSSR count). The Kier molecular flexibility index (Phi) is 5.11. The molecule has 0 aliphatic carbocycles. The minimum atomic E-state index is -0.603. The molecule has 3 nitrogen and oxygen atoms in total. The number of hydrogen-bond acceptors (Lipinski definition) is 1. The van der Waals surface area contributed by atoms with E-state index in [1.807, 2.05) is 0 Å². The quantitative estimate of drug-likeness (QED) is 0.881. The molecule has 0 saturated heterocycles. The fourth-order valence-electron chi connectivity index (χ4n) is 1.76. The van der Waals surface area contributed by atoms with Crippen molar-refractivity contribution in [2.75, 3.05) is 11.9 Å². The molecule has 0 bridgehead atoms. The van der Waals surface area contributed by atoms with E-state index in [0.717, 1.165) is 11.6 Å². The van der Waals surface area contributed by atoms with E-state index in [0.29, 0.717) is 18.7 Å². The number of anilines is 1. The summed E-state index contributed by atoms with van der Waals surface area (Å²) in [6.07, 6.45) is 0.500. The molecule has 0 spiro atoms. The summed E-state index contributed by atoms with van der Waals surface area (Å²) in [5.41, 5.74) is 1.09. The number of rotatable bonds is 4. The van der Waals surface area contributed by atoms with Gasteiger partial charge in [0.25, 0.3) is 0 Å². The lowest BCUT2D eigenvalue weighted by Gasteiger charge is -2.08. The Hall–Kier alpha value is -2.14. The number of carbonyl (C=O) groups excluding carboxylic acids is 1. The summed E-state index contributed by atoms with van der Waals surface area (Å²) in [5, 5.41) is 5.08. The van der Waals surface area contributed by atoms with Crippen molar-refractivity contribution in [3.05, 3.63) is 64.7 Å². The van der Waals surface area contributed by atoms with Crippen molar-refractivity contribution in [3.63, 3.8) is 0 Å². The maximum absolute atomic E-state index is 13.2. The first-order valence-electron chi connectivity index (χ1n) is 6.29. The Morgan fingerprint density at radius 1 is 1.14 bits per heavy atom. The molecule has 2 amide bonds. The Labute approximate surface area is 125 Å². The second-order valence-corrected chi connectivity index (χ2v) is 4.80. The minimum Gasteiger partial charge on any atom is -0.338 e. The third kappa shape index (κ3) is 4.72. The molecule has 2 aromatic rings. The zero-order valence-electron chi connectivity index (χ0n) is 11.0. The van der Waals surface area contributed by atoms with Gasteiger partial charge in [-0.25, -0.2) is 13.6 Å². The van der Waals surface area contributed by atoms with Crippen LogP contribution >= 0.6 is 11.6 Å². The van der Waals surface area contributed by atoms with Gasteiger partial charge in [-0.3, -0.25) is 0 Å². The van der Waals surface area contributed by atoms with Crippen LogP contribution in [0.3, 0.4) is 0 Å². The van der Waals surface area contributed by atoms with Crippen LogP contribution in [0.1, 0.15) is 5.56 Å². The summed E-state index contributed by atoms with van der Waals surface area (Å²) in [6, 6.07) is 9.68. The second kappa shape index (κ2) is 7.04. The normalized spacial score (nSPS) is 10.2. The van der Waals surface area contributed by atoms with Crippen LogP contribution in [0.4, 0.5) is 19.3 Å². The largest absolute Gasteiger partial charge is 0.338 e. The highest BCUT2D eigenvalue weighted by atomic mass is 35.5. The van der Waals surface area contributed by atoms with Gasteiger partial charge < -0.3 is 10.6 Å². The maximum atomic E-state index is 13.2. The number of nitrogens with one attached hydrogen (secondary N) is 2. The van der Waals surface area contributed by atoms with E-state index in [4.69, 9.17) is 11.6 Å². The number of hydrogen-bond donors (Lipinski definition) is 2. The number of carbonyl (C=O) groups is 1. The summed E-state index contributed by atoms with van der Waals surface area (Å²) in [7, 11) is 0. The van der Waals surface area contributed by atoms with Crippen LogP contribution in [0.25, 0.3) is 0 Å². The van der Waals surface area contributed by atoms with E-state index in [9.17, 15) is 13.6 Å². The molecule has 0 unspecified atom stereocenters. The zero-order chi connectivity index (χ0) is 15.2. The molecule has 6 heteroatoms. The van der Waals surface area contributed by atoms with E-state index in [1.54, 1.807) is 12.1 Å². The van der Waals surface area contributed by atoms with Crippen molar-refractivity contribution >= 4 is 23.3 Å². The fourth-order valence-corrected chi connectivity index (χ4v) is 1.88. The van der Waals surface area contributed by atoms with Crippen LogP contribution in [0.15, 0.2) is 42.5 Å². The molecule has 0 aliphatic heterocycles. The van der Waals surface area contributed by atoms with Gasteiger partial charge in [-0.1, -0.05) is 23.7 Å². The van der Waals surface area contributed by atoms with Crippen molar-refractivity contribution in [1.29, 1.82) is 0 Å². The molecule has 2 N–H and O–H groups in total. The van der Waals surface area contributed by atoms with Gasteiger partial charge in [0.1, 0.15) is 11.6 Å². The lowest BCUT2D eigenvalue weighted by molar-refractivity contribution is 0.252. The molecule has 0 radical (unpaired) electrons. The van der Waals surface area contributed by atoms with Crippen LogP contribution < -0.4 is 10.6 Å². The lowest BCUT2D eigenvalue weighted by Crippen LogP contribution is -2.30. The molecule has 0 atom stereocenters. The average molecular weight is 311 g/mol. The molecule has 110 valence electrons. The monoisotopic (exact) mass is 310 g/mol. The summed E-state index contributed by atoms with van der Waals surface area (Å²) < 4.78 is 26.2. The van der Waals surface area contributed by atoms with Gasteiger partial charge in [0.15, 0.2) is 0 Å². The standard InChI is InChI=1S/C15H13ClF2N2O/c16-13-5-4-12(9-14(13)18)20-15(21)19-7-6-10-2-1-3-11(17)8-10/h1-5,8-9H,6-7H2,(H2,19,20,21). The average Bonchev–Trinajstić information content (AvgIpc) is 2.43. The van der Waals surface area contributed by atoms with Gasteiger partial charge in [-0.15, -0.1) is 0 Å². The summed E-state index contributed by atoms with van der Waals surface area (Å²) in [4.78, 5) is 11.6. The van der Waals surface area contributed by atoms with Gasteiger partial charge >= 0.3 is 6.03 Å². The van der Waals surface area contributed by atoms with Crippen LogP contribution in [-0.2, 0) is 6.42 Å². The van der Waals surface area contributed by atoms with E-state index >= 15 is 0 Å². The Bertz CT molecular complexity index is 649. The van der Waals surface area contributed by atoms with Crippen molar-refractivity contribution in [2.24, 2.45) is 0 Å². The smallest absolute Gasteiger partial charge is 0.319 e. The van der Waals surface area contributed by atoms with Gasteiger partial charge in [0, 0.05) is 12.2 Å². The van der Waals surface area contributed by atoms with Crippen LogP contribution in [0.2, 0.25) is 5.02 Å². The predicted octanol–water partition coefficient (Wildman–Crippen LogP) is 3.98. The molecule has 2 aromatic carbocycles. The van der Waals surface area contributed by atoms with Crippen LogP contribution in [0.5, 0.6) is 0 Å². The van der Waals surface area contributed by atoms with Gasteiger partial charge in [-0.05, 0) is 42.3 Å². The van der Waals surface area contributed by atoms with E-state index in [1.165, 1.54) is 24.3 Å². The predicted molar refractivity (Wildman–Crippen MR) is 78.5 cm³/mol. The highest BCUT2D eigenvalue weighted by Crippen LogP contribution is 2.18. The van der Waals surface area contributed by atoms with E-state index < -0.39 is 11.8 Å². The van der Waals surface area contributed by atoms with E-state index in [2.05, 4.69) is 10.6 Å². The summed E-state index contributed by atoms with van der Waals surface area (Å²) >= 11 is 5.55. The second-order valence-electron chi connectivity index (χ2n) is 4.39. The first-order valence-corrected chi connectivity index (χ1v) is 6.67. The molecule has 0 heterocycles. The molecule has 0 aliphatic rings. The van der Waals surface area contributed by atoms with Gasteiger partial charge in [0.2, 0.25) is 0 Å². The molecule has 21 heavy (non-hydrogen) atoms. The highest BCUT2D eigenvalue weighted by Gasteiger charge is 2.05. The SMILES string of the molecule is O=C(NCCc1cccc(F)c1)Nc1ccc(Cl)c(F)c1. The van der Waals surface area contributed by atoms with Crippen LogP contribution in [0, 0.1) is 11.6 Å². The van der Waals surface area contributed by atoms with Crippen LogP contribution in [-0.4, -0.2) is 12.6 Å². The summed E-state index contributed by atoms with van der Waals surface area (Å²) in [6.45, 7) is 0.339. The maximum Gasteiger partial charge on any atom is 0.319 e. The molecule has 0 aromatic heterocycles.